The average Bonchev–Trinajstić information content (AvgIpc) is 3.03. The molecule has 0 spiro atoms. The Labute approximate surface area is 135 Å². The fraction of sp³-hybridized carbons (Fsp3) is 0.529. The van der Waals surface area contributed by atoms with E-state index >= 15 is 0 Å². The van der Waals surface area contributed by atoms with E-state index < -0.39 is 0 Å². The summed E-state index contributed by atoms with van der Waals surface area (Å²) in [5, 5.41) is 2.94. The molecule has 124 valence electrons. The predicted octanol–water partition coefficient (Wildman–Crippen LogP) is 1.49. The van der Waals surface area contributed by atoms with Crippen molar-refractivity contribution >= 4 is 17.5 Å². The van der Waals surface area contributed by atoms with E-state index in [0.29, 0.717) is 18.0 Å². The van der Waals surface area contributed by atoms with Crippen LogP contribution in [0.15, 0.2) is 24.3 Å². The third-order valence-electron chi connectivity index (χ3n) is 4.24. The van der Waals surface area contributed by atoms with Crippen molar-refractivity contribution in [1.82, 2.24) is 5.32 Å². The fourth-order valence-corrected chi connectivity index (χ4v) is 3.03. The molecule has 0 bridgehead atoms. The van der Waals surface area contributed by atoms with Gasteiger partial charge in [0.1, 0.15) is 12.3 Å². The zero-order valence-electron chi connectivity index (χ0n) is 13.3. The first-order valence-corrected chi connectivity index (χ1v) is 8.08. The normalized spacial score (nSPS) is 22.0. The van der Waals surface area contributed by atoms with Crippen LogP contribution in [0.1, 0.15) is 26.2 Å². The molecule has 2 aliphatic rings. The zero-order valence-corrected chi connectivity index (χ0v) is 13.3. The molecule has 2 atom stereocenters. The lowest BCUT2D eigenvalue weighted by atomic mass is 10.1. The summed E-state index contributed by atoms with van der Waals surface area (Å²) in [6.45, 7) is 3.02. The molecule has 1 fully saturated rings. The van der Waals surface area contributed by atoms with Gasteiger partial charge in [-0.25, -0.2) is 0 Å². The van der Waals surface area contributed by atoms with Crippen LogP contribution in [0.25, 0.3) is 0 Å². The van der Waals surface area contributed by atoms with Crippen LogP contribution < -0.4 is 15.0 Å². The summed E-state index contributed by atoms with van der Waals surface area (Å²) in [5.41, 5.74) is 0.648. The Morgan fingerprint density at radius 2 is 2.22 bits per heavy atom. The highest BCUT2D eigenvalue weighted by atomic mass is 16.5. The van der Waals surface area contributed by atoms with E-state index in [4.69, 9.17) is 9.47 Å². The molecule has 6 heteroatoms. The number of fused-ring (bicyclic) bond motifs is 1. The number of hydrogen-bond donors (Lipinski definition) is 1. The topological polar surface area (TPSA) is 67.9 Å². The van der Waals surface area contributed by atoms with Crippen molar-refractivity contribution in [3.05, 3.63) is 24.3 Å². The maximum atomic E-state index is 12.3. The number of ether oxygens (including phenoxy) is 2. The van der Waals surface area contributed by atoms with Gasteiger partial charge in [0.2, 0.25) is 11.8 Å². The van der Waals surface area contributed by atoms with E-state index in [-0.39, 0.29) is 36.9 Å². The lowest BCUT2D eigenvalue weighted by Crippen LogP contribution is -2.47. The van der Waals surface area contributed by atoms with Gasteiger partial charge in [0.15, 0.2) is 0 Å². The molecule has 1 aromatic rings. The Morgan fingerprint density at radius 1 is 1.39 bits per heavy atom. The highest BCUT2D eigenvalue weighted by molar-refractivity contribution is 6.00. The maximum Gasteiger partial charge on any atom is 0.240 e. The minimum atomic E-state index is -0.182. The van der Waals surface area contributed by atoms with Crippen LogP contribution in [0, 0.1) is 0 Å². The van der Waals surface area contributed by atoms with Crippen LogP contribution in [-0.2, 0) is 14.3 Å². The van der Waals surface area contributed by atoms with Gasteiger partial charge < -0.3 is 14.8 Å². The van der Waals surface area contributed by atoms with E-state index in [2.05, 4.69) is 5.32 Å². The quantitative estimate of drug-likeness (QED) is 0.913. The van der Waals surface area contributed by atoms with E-state index in [0.717, 1.165) is 19.4 Å². The molecule has 0 unspecified atom stereocenters. The average molecular weight is 318 g/mol. The van der Waals surface area contributed by atoms with Crippen molar-refractivity contribution in [3.63, 3.8) is 0 Å². The number of hydrogen-bond acceptors (Lipinski definition) is 4. The van der Waals surface area contributed by atoms with Crippen molar-refractivity contribution in [2.45, 2.75) is 38.3 Å². The molecule has 23 heavy (non-hydrogen) atoms. The third kappa shape index (κ3) is 3.64. The Hall–Kier alpha value is -2.08. The Kier molecular flexibility index (Phi) is 4.81. The second-order valence-corrected chi connectivity index (χ2v) is 5.95. The monoisotopic (exact) mass is 318 g/mol. The summed E-state index contributed by atoms with van der Waals surface area (Å²) in [5.74, 6) is 0.353. The van der Waals surface area contributed by atoms with E-state index in [9.17, 15) is 9.59 Å². The molecule has 3 rings (SSSR count). The largest absolute Gasteiger partial charge is 0.491 e. The summed E-state index contributed by atoms with van der Waals surface area (Å²) >= 11 is 0. The minimum absolute atomic E-state index is 0.00370. The number of carbonyl (C=O) groups excluding carboxylic acids is 2. The van der Waals surface area contributed by atoms with Gasteiger partial charge in [0.25, 0.3) is 0 Å². The summed E-state index contributed by atoms with van der Waals surface area (Å²) in [6.07, 6.45) is 2.32. The molecule has 2 amide bonds. The lowest BCUT2D eigenvalue weighted by molar-refractivity contribution is -0.124. The smallest absolute Gasteiger partial charge is 0.240 e. The summed E-state index contributed by atoms with van der Waals surface area (Å²) in [6, 6.07) is 7.24. The van der Waals surface area contributed by atoms with Crippen LogP contribution in [0.2, 0.25) is 0 Å². The molecular weight excluding hydrogens is 296 g/mol. The highest BCUT2D eigenvalue weighted by Crippen LogP contribution is 2.30. The van der Waals surface area contributed by atoms with Gasteiger partial charge in [0.05, 0.1) is 30.9 Å². The maximum absolute atomic E-state index is 12.3. The first-order chi connectivity index (χ1) is 11.1. The standard InChI is InChI=1S/C17H22N2O4/c1-12(14-7-4-9-22-14)18-16(20)11-19-13-5-2-3-6-15(13)23-10-8-17(19)21/h2-3,5-6,12,14H,4,7-11H2,1H3,(H,18,20)/t12-,14-/m1/s1. The minimum Gasteiger partial charge on any atom is -0.491 e. The van der Waals surface area contributed by atoms with Gasteiger partial charge in [-0.3, -0.25) is 14.5 Å². The van der Waals surface area contributed by atoms with E-state index in [1.54, 1.807) is 6.07 Å². The molecule has 0 saturated carbocycles. The highest BCUT2D eigenvalue weighted by Gasteiger charge is 2.27. The van der Waals surface area contributed by atoms with E-state index in [1.165, 1.54) is 4.90 Å². The van der Waals surface area contributed by atoms with E-state index in [1.807, 2.05) is 25.1 Å². The predicted molar refractivity (Wildman–Crippen MR) is 85.5 cm³/mol. The number of anilines is 1. The van der Waals surface area contributed by atoms with Crippen LogP contribution in [0.4, 0.5) is 5.69 Å². The molecule has 6 nitrogen and oxygen atoms in total. The molecular formula is C17H22N2O4. The van der Waals surface area contributed by atoms with Gasteiger partial charge in [0, 0.05) is 6.61 Å². The number of benzene rings is 1. The molecule has 2 aliphatic heterocycles. The van der Waals surface area contributed by atoms with Crippen molar-refractivity contribution in [1.29, 1.82) is 0 Å². The lowest BCUT2D eigenvalue weighted by Gasteiger charge is -2.24. The van der Waals surface area contributed by atoms with Gasteiger partial charge in [-0.2, -0.15) is 0 Å². The number of para-hydroxylation sites is 2. The molecule has 2 heterocycles. The molecule has 1 aromatic carbocycles. The number of rotatable bonds is 4. The van der Waals surface area contributed by atoms with Gasteiger partial charge in [-0.05, 0) is 31.9 Å². The van der Waals surface area contributed by atoms with Crippen LogP contribution in [-0.4, -0.2) is 43.7 Å². The van der Waals surface area contributed by atoms with Gasteiger partial charge >= 0.3 is 0 Å². The SMILES string of the molecule is C[C@@H](NC(=O)CN1C(=O)CCOc2ccccc21)[C@H]1CCCO1. The Morgan fingerprint density at radius 3 is 3.00 bits per heavy atom. The van der Waals surface area contributed by atoms with Gasteiger partial charge in [-0.15, -0.1) is 0 Å². The van der Waals surface area contributed by atoms with Crippen molar-refractivity contribution in [2.75, 3.05) is 24.7 Å². The summed E-state index contributed by atoms with van der Waals surface area (Å²) in [7, 11) is 0. The molecule has 0 aromatic heterocycles. The fourth-order valence-electron chi connectivity index (χ4n) is 3.03. The Balaban J connectivity index is 1.67. The van der Waals surface area contributed by atoms with Crippen LogP contribution >= 0.6 is 0 Å². The number of nitrogens with one attached hydrogen (secondary N) is 1. The first kappa shape index (κ1) is 15.8. The second kappa shape index (κ2) is 7.00. The number of nitrogens with zero attached hydrogens (tertiary/aromatic N) is 1. The second-order valence-electron chi connectivity index (χ2n) is 5.95. The summed E-state index contributed by atoms with van der Waals surface area (Å²) in [4.78, 5) is 26.1. The van der Waals surface area contributed by atoms with Gasteiger partial charge in [-0.1, -0.05) is 12.1 Å². The third-order valence-corrected chi connectivity index (χ3v) is 4.24. The number of carbonyl (C=O) groups is 2. The van der Waals surface area contributed by atoms with Crippen molar-refractivity contribution < 1.29 is 19.1 Å². The van der Waals surface area contributed by atoms with Crippen LogP contribution in [0.3, 0.4) is 0 Å². The van der Waals surface area contributed by atoms with Crippen LogP contribution in [0.5, 0.6) is 5.75 Å². The molecule has 1 N–H and O–H groups in total. The molecule has 0 aliphatic carbocycles. The number of amides is 2. The molecule has 0 radical (unpaired) electrons. The first-order valence-electron chi connectivity index (χ1n) is 8.08. The van der Waals surface area contributed by atoms with Crippen molar-refractivity contribution in [3.8, 4) is 5.75 Å². The zero-order chi connectivity index (χ0) is 16.2. The van der Waals surface area contributed by atoms with Crippen molar-refractivity contribution in [2.24, 2.45) is 0 Å². The Bertz CT molecular complexity index is 584. The summed E-state index contributed by atoms with van der Waals surface area (Å²) < 4.78 is 11.2. The molecule has 1 saturated heterocycles.